The van der Waals surface area contributed by atoms with Gasteiger partial charge in [-0.1, -0.05) is 81.4 Å². The molecule has 0 radical (unpaired) electrons. The zero-order valence-corrected chi connectivity index (χ0v) is 14.8. The Morgan fingerprint density at radius 3 is 2.00 bits per heavy atom. The van der Waals surface area contributed by atoms with Gasteiger partial charge in [0.15, 0.2) is 0 Å². The van der Waals surface area contributed by atoms with Crippen molar-refractivity contribution in [3.63, 3.8) is 0 Å². The summed E-state index contributed by atoms with van der Waals surface area (Å²) in [6.07, 6.45) is 0. The minimum absolute atomic E-state index is 0.155. The molecule has 0 aliphatic carbocycles. The first-order valence-corrected chi connectivity index (χ1v) is 8.35. The van der Waals surface area contributed by atoms with Crippen molar-refractivity contribution in [1.82, 2.24) is 0 Å². The molecular formula is C22H22N2O. The van der Waals surface area contributed by atoms with Crippen molar-refractivity contribution in [2.75, 3.05) is 0 Å². The fraction of sp³-hybridized carbons (Fsp3) is 0.182. The van der Waals surface area contributed by atoms with E-state index in [0.717, 1.165) is 22.4 Å². The molecule has 0 amide bonds. The third-order valence-electron chi connectivity index (χ3n) is 4.08. The lowest BCUT2D eigenvalue weighted by atomic mass is 9.86. The molecule has 3 aromatic rings. The number of benzene rings is 3. The van der Waals surface area contributed by atoms with Crippen molar-refractivity contribution < 1.29 is 5.11 Å². The van der Waals surface area contributed by atoms with Gasteiger partial charge in [-0.3, -0.25) is 0 Å². The Morgan fingerprint density at radius 2 is 1.28 bits per heavy atom. The molecule has 0 saturated heterocycles. The van der Waals surface area contributed by atoms with Crippen LogP contribution in [0.2, 0.25) is 0 Å². The Kier molecular flexibility index (Phi) is 4.66. The monoisotopic (exact) mass is 330 g/mol. The summed E-state index contributed by atoms with van der Waals surface area (Å²) in [7, 11) is 0. The molecule has 0 saturated carbocycles. The van der Waals surface area contributed by atoms with E-state index in [1.165, 1.54) is 0 Å². The highest BCUT2D eigenvalue weighted by atomic mass is 16.3. The van der Waals surface area contributed by atoms with Crippen molar-refractivity contribution >= 4 is 11.4 Å². The van der Waals surface area contributed by atoms with Gasteiger partial charge in [0, 0.05) is 11.1 Å². The number of nitrogens with zero attached hydrogens (tertiary/aromatic N) is 2. The van der Waals surface area contributed by atoms with Crippen molar-refractivity contribution in [1.29, 1.82) is 0 Å². The summed E-state index contributed by atoms with van der Waals surface area (Å²) in [5.41, 5.74) is 4.06. The highest BCUT2D eigenvalue weighted by Gasteiger charge is 2.19. The smallest absolute Gasteiger partial charge is 0.146 e. The summed E-state index contributed by atoms with van der Waals surface area (Å²) >= 11 is 0. The van der Waals surface area contributed by atoms with Crippen LogP contribution in [0.4, 0.5) is 11.4 Å². The number of phenolic OH excluding ortho intramolecular Hbond substituents is 1. The Hall–Kier alpha value is -2.94. The van der Waals surface area contributed by atoms with Crippen LogP contribution in [0.5, 0.6) is 5.75 Å². The van der Waals surface area contributed by atoms with Crippen LogP contribution in [0.3, 0.4) is 0 Å². The van der Waals surface area contributed by atoms with Crippen molar-refractivity contribution in [2.45, 2.75) is 26.2 Å². The Morgan fingerprint density at radius 1 is 0.680 bits per heavy atom. The molecule has 0 unspecified atom stereocenters. The molecule has 126 valence electrons. The Balaban J connectivity index is 2.00. The van der Waals surface area contributed by atoms with E-state index in [-0.39, 0.29) is 11.2 Å². The van der Waals surface area contributed by atoms with E-state index in [1.807, 2.05) is 66.7 Å². The molecule has 1 N–H and O–H groups in total. The van der Waals surface area contributed by atoms with Gasteiger partial charge in [-0.25, -0.2) is 0 Å². The van der Waals surface area contributed by atoms with Gasteiger partial charge in [-0.2, -0.15) is 0 Å². The zero-order valence-electron chi connectivity index (χ0n) is 14.8. The number of aromatic hydroxyl groups is 1. The first-order chi connectivity index (χ1) is 12.0. The summed E-state index contributed by atoms with van der Waals surface area (Å²) in [5.74, 6) is 0.191. The first kappa shape index (κ1) is 16.9. The second kappa shape index (κ2) is 6.89. The summed E-state index contributed by atoms with van der Waals surface area (Å²) < 4.78 is 0. The molecule has 0 bridgehead atoms. The van der Waals surface area contributed by atoms with Crippen LogP contribution in [-0.4, -0.2) is 5.11 Å². The summed E-state index contributed by atoms with van der Waals surface area (Å²) in [6.45, 7) is 6.19. The van der Waals surface area contributed by atoms with Gasteiger partial charge in [-0.05, 0) is 23.1 Å². The standard InChI is InChI=1S/C22H22N2O/c1-22(2,3)18-13-9-15-20(21(18)25)24-23-19-14-8-7-12-17(19)16-10-5-4-6-11-16/h4-15,25H,1-3H3. The van der Waals surface area contributed by atoms with Gasteiger partial charge in [0.25, 0.3) is 0 Å². The number of rotatable bonds is 3. The fourth-order valence-electron chi connectivity index (χ4n) is 2.75. The Bertz CT molecular complexity index is 893. The molecule has 0 atom stereocenters. The molecule has 3 aromatic carbocycles. The van der Waals surface area contributed by atoms with Gasteiger partial charge in [-0.15, -0.1) is 10.2 Å². The summed E-state index contributed by atoms with van der Waals surface area (Å²) in [5, 5.41) is 19.2. The topological polar surface area (TPSA) is 45.0 Å². The van der Waals surface area contributed by atoms with E-state index in [0.29, 0.717) is 5.69 Å². The summed E-state index contributed by atoms with van der Waals surface area (Å²) in [6, 6.07) is 23.6. The predicted molar refractivity (Wildman–Crippen MR) is 103 cm³/mol. The van der Waals surface area contributed by atoms with Crippen LogP contribution in [0, 0.1) is 0 Å². The van der Waals surface area contributed by atoms with Gasteiger partial charge in [0.1, 0.15) is 11.4 Å². The maximum atomic E-state index is 10.5. The number of hydrogen-bond acceptors (Lipinski definition) is 3. The zero-order chi connectivity index (χ0) is 17.9. The molecule has 0 aromatic heterocycles. The van der Waals surface area contributed by atoms with E-state index < -0.39 is 0 Å². The van der Waals surface area contributed by atoms with Crippen LogP contribution in [0.15, 0.2) is 83.0 Å². The first-order valence-electron chi connectivity index (χ1n) is 8.35. The maximum Gasteiger partial charge on any atom is 0.146 e. The second-order valence-electron chi connectivity index (χ2n) is 7.01. The van der Waals surface area contributed by atoms with Crippen LogP contribution >= 0.6 is 0 Å². The van der Waals surface area contributed by atoms with Crippen molar-refractivity contribution in [3.8, 4) is 16.9 Å². The molecule has 0 spiro atoms. The lowest BCUT2D eigenvalue weighted by molar-refractivity contribution is 0.448. The van der Waals surface area contributed by atoms with Gasteiger partial charge in [0.05, 0.1) is 5.69 Å². The third-order valence-corrected chi connectivity index (χ3v) is 4.08. The number of hydrogen-bond donors (Lipinski definition) is 1. The van der Waals surface area contributed by atoms with Crippen molar-refractivity contribution in [2.24, 2.45) is 10.2 Å². The minimum atomic E-state index is -0.155. The molecule has 25 heavy (non-hydrogen) atoms. The molecular weight excluding hydrogens is 308 g/mol. The highest BCUT2D eigenvalue weighted by molar-refractivity contribution is 5.75. The SMILES string of the molecule is CC(C)(C)c1cccc(N=Nc2ccccc2-c2ccccc2)c1O. The molecule has 0 heterocycles. The molecule has 3 rings (SSSR count). The number of para-hydroxylation sites is 1. The average Bonchev–Trinajstić information content (AvgIpc) is 2.61. The van der Waals surface area contributed by atoms with E-state index in [4.69, 9.17) is 0 Å². The molecule has 0 fully saturated rings. The van der Waals surface area contributed by atoms with Gasteiger partial charge in [0.2, 0.25) is 0 Å². The predicted octanol–water partition coefficient (Wildman–Crippen LogP) is 6.77. The van der Waals surface area contributed by atoms with Crippen LogP contribution in [0.1, 0.15) is 26.3 Å². The van der Waals surface area contributed by atoms with E-state index in [1.54, 1.807) is 6.07 Å². The van der Waals surface area contributed by atoms with Crippen molar-refractivity contribution in [3.05, 3.63) is 78.4 Å². The maximum absolute atomic E-state index is 10.5. The van der Waals surface area contributed by atoms with E-state index in [2.05, 4.69) is 31.0 Å². The molecule has 3 nitrogen and oxygen atoms in total. The fourth-order valence-corrected chi connectivity index (χ4v) is 2.75. The van der Waals surface area contributed by atoms with E-state index >= 15 is 0 Å². The minimum Gasteiger partial charge on any atom is -0.505 e. The summed E-state index contributed by atoms with van der Waals surface area (Å²) in [4.78, 5) is 0. The molecule has 3 heteroatoms. The van der Waals surface area contributed by atoms with Crippen LogP contribution in [0.25, 0.3) is 11.1 Å². The average molecular weight is 330 g/mol. The second-order valence-corrected chi connectivity index (χ2v) is 7.01. The Labute approximate surface area is 148 Å². The van der Waals surface area contributed by atoms with Gasteiger partial charge < -0.3 is 5.11 Å². The number of azo groups is 1. The largest absolute Gasteiger partial charge is 0.505 e. The normalized spacial score (nSPS) is 11.8. The quantitative estimate of drug-likeness (QED) is 0.529. The van der Waals surface area contributed by atoms with E-state index in [9.17, 15) is 5.11 Å². The van der Waals surface area contributed by atoms with Gasteiger partial charge >= 0.3 is 0 Å². The van der Waals surface area contributed by atoms with Crippen LogP contribution in [-0.2, 0) is 5.41 Å². The molecule has 0 aliphatic heterocycles. The lowest BCUT2D eigenvalue weighted by Crippen LogP contribution is -2.10. The lowest BCUT2D eigenvalue weighted by Gasteiger charge is -2.20. The number of phenols is 1. The molecule has 0 aliphatic rings. The highest BCUT2D eigenvalue weighted by Crippen LogP contribution is 2.39. The van der Waals surface area contributed by atoms with Crippen LogP contribution < -0.4 is 0 Å². The third kappa shape index (κ3) is 3.77.